The number of aliphatic hydroxyl groups excluding tert-OH is 1. The van der Waals surface area contributed by atoms with E-state index in [2.05, 4.69) is 12.2 Å². The molecule has 4 atom stereocenters. The highest BCUT2D eigenvalue weighted by Crippen LogP contribution is 2.34. The summed E-state index contributed by atoms with van der Waals surface area (Å²) in [6.07, 6.45) is 3.44. The van der Waals surface area contributed by atoms with Gasteiger partial charge in [-0.2, -0.15) is 0 Å². The molecule has 2 N–H and O–H groups in total. The monoisotopic (exact) mass is 141 g/mol. The van der Waals surface area contributed by atoms with Crippen LogP contribution in [0.25, 0.3) is 0 Å². The van der Waals surface area contributed by atoms with Crippen LogP contribution in [-0.2, 0) is 0 Å². The van der Waals surface area contributed by atoms with Crippen LogP contribution >= 0.6 is 0 Å². The van der Waals surface area contributed by atoms with Gasteiger partial charge in [-0.05, 0) is 32.1 Å². The second-order valence-corrected chi connectivity index (χ2v) is 3.73. The van der Waals surface area contributed by atoms with Gasteiger partial charge < -0.3 is 10.4 Å². The fourth-order valence-electron chi connectivity index (χ4n) is 2.42. The number of nitrogens with one attached hydrogen (secondary N) is 1. The van der Waals surface area contributed by atoms with Gasteiger partial charge in [0.1, 0.15) is 0 Å². The maximum absolute atomic E-state index is 9.45. The number of hydrogen-bond donors (Lipinski definition) is 2. The highest BCUT2D eigenvalue weighted by Gasteiger charge is 2.40. The first-order valence-corrected chi connectivity index (χ1v) is 4.21. The average molecular weight is 141 g/mol. The minimum Gasteiger partial charge on any atom is -0.391 e. The number of hydrogen-bond acceptors (Lipinski definition) is 2. The van der Waals surface area contributed by atoms with Gasteiger partial charge in [0.25, 0.3) is 0 Å². The fourth-order valence-corrected chi connectivity index (χ4v) is 2.42. The van der Waals surface area contributed by atoms with E-state index in [9.17, 15) is 5.11 Å². The van der Waals surface area contributed by atoms with Crippen molar-refractivity contribution < 1.29 is 5.11 Å². The zero-order valence-electron chi connectivity index (χ0n) is 6.38. The summed E-state index contributed by atoms with van der Waals surface area (Å²) < 4.78 is 0. The molecule has 0 unspecified atom stereocenters. The van der Waals surface area contributed by atoms with Gasteiger partial charge in [0.15, 0.2) is 0 Å². The molecule has 0 spiro atoms. The molecule has 2 rings (SSSR count). The van der Waals surface area contributed by atoms with Crippen molar-refractivity contribution in [2.24, 2.45) is 5.92 Å². The molecule has 0 radical (unpaired) electrons. The Kier molecular flexibility index (Phi) is 1.46. The molecule has 0 aromatic heterocycles. The van der Waals surface area contributed by atoms with E-state index in [1.54, 1.807) is 0 Å². The first-order valence-electron chi connectivity index (χ1n) is 4.21. The van der Waals surface area contributed by atoms with Gasteiger partial charge in [-0.25, -0.2) is 0 Å². The van der Waals surface area contributed by atoms with Gasteiger partial charge in [-0.1, -0.05) is 0 Å². The molecule has 1 saturated carbocycles. The highest BCUT2D eigenvalue weighted by molar-refractivity contribution is 4.97. The van der Waals surface area contributed by atoms with Crippen molar-refractivity contribution in [3.63, 3.8) is 0 Å². The maximum Gasteiger partial charge on any atom is 0.0696 e. The summed E-state index contributed by atoms with van der Waals surface area (Å²) in [5, 5.41) is 12.9. The van der Waals surface area contributed by atoms with Crippen molar-refractivity contribution >= 4 is 0 Å². The normalized spacial score (nSPS) is 53.4. The summed E-state index contributed by atoms with van der Waals surface area (Å²) in [5.41, 5.74) is 0. The summed E-state index contributed by atoms with van der Waals surface area (Å²) in [6.45, 7) is 2.20. The predicted octanol–water partition coefficient (Wildman–Crippen LogP) is 0.508. The first kappa shape index (κ1) is 6.62. The van der Waals surface area contributed by atoms with E-state index in [4.69, 9.17) is 0 Å². The van der Waals surface area contributed by atoms with E-state index in [0.29, 0.717) is 12.1 Å². The van der Waals surface area contributed by atoms with Crippen LogP contribution in [0.15, 0.2) is 0 Å². The van der Waals surface area contributed by atoms with Crippen LogP contribution in [0, 0.1) is 5.92 Å². The number of aliphatic hydroxyl groups is 1. The SMILES string of the molecule is C[C@@H]1C[C@H]2CC[C@@H](O)[C@H]2N1. The standard InChI is InChI=1S/C8H15NO/c1-5-4-6-2-3-7(10)8(6)9-5/h5-10H,2-4H2,1H3/t5-,6-,7-,8+/m1/s1. The second-order valence-electron chi connectivity index (χ2n) is 3.73. The van der Waals surface area contributed by atoms with Crippen molar-refractivity contribution in [3.05, 3.63) is 0 Å². The maximum atomic E-state index is 9.45. The van der Waals surface area contributed by atoms with E-state index < -0.39 is 0 Å². The molecule has 0 aromatic carbocycles. The Morgan fingerprint density at radius 1 is 1.40 bits per heavy atom. The molecule has 10 heavy (non-hydrogen) atoms. The molecule has 2 fully saturated rings. The summed E-state index contributed by atoms with van der Waals surface area (Å²) in [7, 11) is 0. The molecule has 1 aliphatic heterocycles. The lowest BCUT2D eigenvalue weighted by Gasteiger charge is -2.13. The Balaban J connectivity index is 2.05. The number of fused-ring (bicyclic) bond motifs is 1. The van der Waals surface area contributed by atoms with Gasteiger partial charge in [0.05, 0.1) is 6.10 Å². The zero-order valence-corrected chi connectivity index (χ0v) is 6.38. The summed E-state index contributed by atoms with van der Waals surface area (Å²) >= 11 is 0. The highest BCUT2D eigenvalue weighted by atomic mass is 16.3. The molecule has 2 nitrogen and oxygen atoms in total. The molecule has 58 valence electrons. The summed E-state index contributed by atoms with van der Waals surface area (Å²) in [6, 6.07) is 1.06. The van der Waals surface area contributed by atoms with Crippen LogP contribution in [-0.4, -0.2) is 23.3 Å². The second kappa shape index (κ2) is 2.21. The minimum absolute atomic E-state index is 0.0602. The van der Waals surface area contributed by atoms with Crippen molar-refractivity contribution in [2.45, 2.75) is 44.4 Å². The fraction of sp³-hybridized carbons (Fsp3) is 1.00. The van der Waals surface area contributed by atoms with Crippen LogP contribution in [0.1, 0.15) is 26.2 Å². The summed E-state index contributed by atoms with van der Waals surface area (Å²) in [5.74, 6) is 0.769. The third kappa shape index (κ3) is 0.867. The zero-order chi connectivity index (χ0) is 7.14. The van der Waals surface area contributed by atoms with Crippen LogP contribution in [0.3, 0.4) is 0 Å². The molecule has 0 aromatic rings. The molecule has 1 heterocycles. The molecule has 0 amide bonds. The number of rotatable bonds is 0. The predicted molar refractivity (Wildman–Crippen MR) is 39.7 cm³/mol. The van der Waals surface area contributed by atoms with Gasteiger partial charge in [-0.3, -0.25) is 0 Å². The van der Waals surface area contributed by atoms with E-state index >= 15 is 0 Å². The lowest BCUT2D eigenvalue weighted by atomic mass is 10.0. The smallest absolute Gasteiger partial charge is 0.0696 e. The van der Waals surface area contributed by atoms with Gasteiger partial charge in [-0.15, -0.1) is 0 Å². The van der Waals surface area contributed by atoms with Crippen LogP contribution in [0.2, 0.25) is 0 Å². The Morgan fingerprint density at radius 2 is 2.20 bits per heavy atom. The Morgan fingerprint density at radius 3 is 2.90 bits per heavy atom. The quantitative estimate of drug-likeness (QED) is 0.515. The molecule has 2 heteroatoms. The third-order valence-corrected chi connectivity index (χ3v) is 2.89. The topological polar surface area (TPSA) is 32.3 Å². The summed E-state index contributed by atoms with van der Waals surface area (Å²) in [4.78, 5) is 0. The van der Waals surface area contributed by atoms with Crippen molar-refractivity contribution in [2.75, 3.05) is 0 Å². The Bertz CT molecular complexity index is 137. The molecular formula is C8H15NO. The minimum atomic E-state index is -0.0602. The van der Waals surface area contributed by atoms with E-state index in [1.807, 2.05) is 0 Å². The molecule has 1 saturated heterocycles. The molecule has 2 aliphatic rings. The Labute approximate surface area is 61.6 Å². The Hall–Kier alpha value is -0.0800. The van der Waals surface area contributed by atoms with Crippen molar-refractivity contribution in [1.82, 2.24) is 5.32 Å². The average Bonchev–Trinajstić information content (AvgIpc) is 2.35. The van der Waals surface area contributed by atoms with Gasteiger partial charge >= 0.3 is 0 Å². The molecular weight excluding hydrogens is 126 g/mol. The van der Waals surface area contributed by atoms with Gasteiger partial charge in [0.2, 0.25) is 0 Å². The molecule has 0 bridgehead atoms. The largest absolute Gasteiger partial charge is 0.391 e. The lowest BCUT2D eigenvalue weighted by Crippen LogP contribution is -2.36. The van der Waals surface area contributed by atoms with E-state index in [-0.39, 0.29) is 6.10 Å². The van der Waals surface area contributed by atoms with Gasteiger partial charge in [0, 0.05) is 12.1 Å². The lowest BCUT2D eigenvalue weighted by molar-refractivity contribution is 0.149. The van der Waals surface area contributed by atoms with Crippen molar-refractivity contribution in [1.29, 1.82) is 0 Å². The van der Waals surface area contributed by atoms with Crippen molar-refractivity contribution in [3.8, 4) is 0 Å². The van der Waals surface area contributed by atoms with Crippen LogP contribution in [0.4, 0.5) is 0 Å². The van der Waals surface area contributed by atoms with E-state index in [1.165, 1.54) is 12.8 Å². The van der Waals surface area contributed by atoms with E-state index in [0.717, 1.165) is 12.3 Å². The van der Waals surface area contributed by atoms with Crippen LogP contribution in [0.5, 0.6) is 0 Å². The van der Waals surface area contributed by atoms with Crippen LogP contribution < -0.4 is 5.32 Å². The molecule has 1 aliphatic carbocycles. The first-order chi connectivity index (χ1) is 4.77. The third-order valence-electron chi connectivity index (χ3n) is 2.89.